The zero-order valence-corrected chi connectivity index (χ0v) is 11.5. The SMILES string of the molecule is CNCCCC(=O)Nc1cccc(CN(C)C)c1. The maximum Gasteiger partial charge on any atom is 0.224 e. The van der Waals surface area contributed by atoms with Crippen molar-refractivity contribution in [3.05, 3.63) is 29.8 Å². The fraction of sp³-hybridized carbons (Fsp3) is 0.500. The molecule has 100 valence electrons. The van der Waals surface area contributed by atoms with Gasteiger partial charge < -0.3 is 15.5 Å². The van der Waals surface area contributed by atoms with Crippen molar-refractivity contribution in [3.8, 4) is 0 Å². The molecule has 0 saturated heterocycles. The van der Waals surface area contributed by atoms with E-state index in [2.05, 4.69) is 21.6 Å². The molecule has 0 fully saturated rings. The zero-order chi connectivity index (χ0) is 13.4. The summed E-state index contributed by atoms with van der Waals surface area (Å²) in [4.78, 5) is 13.8. The lowest BCUT2D eigenvalue weighted by atomic mass is 10.2. The fourth-order valence-electron chi connectivity index (χ4n) is 1.76. The molecule has 0 saturated carbocycles. The predicted octanol–water partition coefficient (Wildman–Crippen LogP) is 1.69. The smallest absolute Gasteiger partial charge is 0.224 e. The summed E-state index contributed by atoms with van der Waals surface area (Å²) in [5, 5.41) is 5.96. The van der Waals surface area contributed by atoms with Crippen molar-refractivity contribution in [3.63, 3.8) is 0 Å². The Morgan fingerprint density at radius 2 is 2.11 bits per heavy atom. The van der Waals surface area contributed by atoms with Crippen LogP contribution in [0.15, 0.2) is 24.3 Å². The van der Waals surface area contributed by atoms with Gasteiger partial charge in [-0.2, -0.15) is 0 Å². The summed E-state index contributed by atoms with van der Waals surface area (Å²) in [5.74, 6) is 0.0762. The second-order valence-electron chi connectivity index (χ2n) is 4.69. The Labute approximate surface area is 109 Å². The Bertz CT molecular complexity index is 377. The molecule has 0 spiro atoms. The first-order valence-corrected chi connectivity index (χ1v) is 6.30. The van der Waals surface area contributed by atoms with Crippen molar-refractivity contribution in [1.29, 1.82) is 0 Å². The number of hydrogen-bond donors (Lipinski definition) is 2. The highest BCUT2D eigenvalue weighted by Crippen LogP contribution is 2.12. The van der Waals surface area contributed by atoms with Gasteiger partial charge >= 0.3 is 0 Å². The molecular weight excluding hydrogens is 226 g/mol. The van der Waals surface area contributed by atoms with E-state index in [1.54, 1.807) is 0 Å². The molecule has 0 aliphatic carbocycles. The molecule has 0 unspecified atom stereocenters. The molecule has 4 nitrogen and oxygen atoms in total. The maximum atomic E-state index is 11.7. The molecular formula is C14H23N3O. The van der Waals surface area contributed by atoms with Crippen LogP contribution in [0.4, 0.5) is 5.69 Å². The maximum absolute atomic E-state index is 11.7. The Morgan fingerprint density at radius 1 is 1.33 bits per heavy atom. The van der Waals surface area contributed by atoms with Crippen LogP contribution in [0.3, 0.4) is 0 Å². The molecule has 1 aromatic carbocycles. The molecule has 0 bridgehead atoms. The van der Waals surface area contributed by atoms with E-state index >= 15 is 0 Å². The van der Waals surface area contributed by atoms with Crippen molar-refractivity contribution in [2.45, 2.75) is 19.4 Å². The average Bonchev–Trinajstić information content (AvgIpc) is 2.28. The van der Waals surface area contributed by atoms with Crippen LogP contribution in [0.2, 0.25) is 0 Å². The van der Waals surface area contributed by atoms with Gasteiger partial charge in [-0.05, 0) is 51.8 Å². The second kappa shape index (κ2) is 7.84. The highest BCUT2D eigenvalue weighted by Gasteiger charge is 2.03. The zero-order valence-electron chi connectivity index (χ0n) is 11.5. The van der Waals surface area contributed by atoms with Crippen LogP contribution in [0.1, 0.15) is 18.4 Å². The number of benzene rings is 1. The second-order valence-corrected chi connectivity index (χ2v) is 4.69. The molecule has 0 heterocycles. The van der Waals surface area contributed by atoms with Crippen molar-refractivity contribution >= 4 is 11.6 Å². The molecule has 1 rings (SSSR count). The Balaban J connectivity index is 2.48. The first kappa shape index (κ1) is 14.7. The third-order valence-electron chi connectivity index (χ3n) is 2.54. The van der Waals surface area contributed by atoms with Gasteiger partial charge in [-0.3, -0.25) is 4.79 Å². The van der Waals surface area contributed by atoms with Crippen LogP contribution in [-0.4, -0.2) is 38.5 Å². The fourth-order valence-corrected chi connectivity index (χ4v) is 1.76. The van der Waals surface area contributed by atoms with Gasteiger partial charge in [0.2, 0.25) is 5.91 Å². The van der Waals surface area contributed by atoms with E-state index in [9.17, 15) is 4.79 Å². The number of nitrogens with zero attached hydrogens (tertiary/aromatic N) is 1. The largest absolute Gasteiger partial charge is 0.326 e. The summed E-state index contributed by atoms with van der Waals surface area (Å²) >= 11 is 0. The first-order chi connectivity index (χ1) is 8.61. The highest BCUT2D eigenvalue weighted by molar-refractivity contribution is 5.90. The van der Waals surface area contributed by atoms with Crippen molar-refractivity contribution in [2.24, 2.45) is 0 Å². The third-order valence-corrected chi connectivity index (χ3v) is 2.54. The van der Waals surface area contributed by atoms with Gasteiger partial charge in [0.05, 0.1) is 0 Å². The Morgan fingerprint density at radius 3 is 2.78 bits per heavy atom. The van der Waals surface area contributed by atoms with Gasteiger partial charge in [0.15, 0.2) is 0 Å². The molecule has 0 radical (unpaired) electrons. The van der Waals surface area contributed by atoms with Gasteiger partial charge in [-0.25, -0.2) is 0 Å². The summed E-state index contributed by atoms with van der Waals surface area (Å²) in [6.45, 7) is 1.75. The van der Waals surface area contributed by atoms with Gasteiger partial charge in [0, 0.05) is 18.7 Å². The minimum Gasteiger partial charge on any atom is -0.326 e. The summed E-state index contributed by atoms with van der Waals surface area (Å²) in [5.41, 5.74) is 2.08. The summed E-state index contributed by atoms with van der Waals surface area (Å²) in [7, 11) is 5.95. The van der Waals surface area contributed by atoms with Crippen LogP contribution >= 0.6 is 0 Å². The molecule has 4 heteroatoms. The lowest BCUT2D eigenvalue weighted by Gasteiger charge is -2.11. The molecule has 18 heavy (non-hydrogen) atoms. The quantitative estimate of drug-likeness (QED) is 0.723. The van der Waals surface area contributed by atoms with E-state index in [0.29, 0.717) is 6.42 Å². The van der Waals surface area contributed by atoms with Crippen molar-refractivity contribution in [2.75, 3.05) is 33.0 Å². The van der Waals surface area contributed by atoms with Crippen molar-refractivity contribution in [1.82, 2.24) is 10.2 Å². The van der Waals surface area contributed by atoms with E-state index in [4.69, 9.17) is 0 Å². The molecule has 0 aliphatic heterocycles. The lowest BCUT2D eigenvalue weighted by Crippen LogP contribution is -2.15. The predicted molar refractivity (Wildman–Crippen MR) is 75.6 cm³/mol. The number of hydrogen-bond acceptors (Lipinski definition) is 3. The van der Waals surface area contributed by atoms with Gasteiger partial charge in [0.25, 0.3) is 0 Å². The van der Waals surface area contributed by atoms with Crippen LogP contribution in [0, 0.1) is 0 Å². The number of rotatable bonds is 7. The number of anilines is 1. The number of nitrogens with one attached hydrogen (secondary N) is 2. The van der Waals surface area contributed by atoms with Crippen LogP contribution in [-0.2, 0) is 11.3 Å². The molecule has 1 amide bonds. The monoisotopic (exact) mass is 249 g/mol. The topological polar surface area (TPSA) is 44.4 Å². The highest BCUT2D eigenvalue weighted by atomic mass is 16.1. The van der Waals surface area contributed by atoms with E-state index in [1.165, 1.54) is 5.56 Å². The molecule has 2 N–H and O–H groups in total. The van der Waals surface area contributed by atoms with Gasteiger partial charge in [0.1, 0.15) is 0 Å². The molecule has 1 aromatic rings. The number of carbonyl (C=O) groups is 1. The number of carbonyl (C=O) groups excluding carboxylic acids is 1. The normalized spacial score (nSPS) is 10.7. The summed E-state index contributed by atoms with van der Waals surface area (Å²) in [6.07, 6.45) is 1.42. The van der Waals surface area contributed by atoms with E-state index in [1.807, 2.05) is 39.3 Å². The third kappa shape index (κ3) is 5.80. The van der Waals surface area contributed by atoms with Crippen LogP contribution < -0.4 is 10.6 Å². The summed E-state index contributed by atoms with van der Waals surface area (Å²) in [6, 6.07) is 7.99. The van der Waals surface area contributed by atoms with E-state index < -0.39 is 0 Å². The van der Waals surface area contributed by atoms with E-state index in [0.717, 1.165) is 25.2 Å². The molecule has 0 aliphatic rings. The van der Waals surface area contributed by atoms with Crippen LogP contribution in [0.25, 0.3) is 0 Å². The average molecular weight is 249 g/mol. The van der Waals surface area contributed by atoms with Crippen LogP contribution in [0.5, 0.6) is 0 Å². The Hall–Kier alpha value is -1.39. The van der Waals surface area contributed by atoms with Crippen molar-refractivity contribution < 1.29 is 4.79 Å². The molecule has 0 aromatic heterocycles. The molecule has 0 atom stereocenters. The minimum absolute atomic E-state index is 0.0762. The van der Waals surface area contributed by atoms with E-state index in [-0.39, 0.29) is 5.91 Å². The minimum atomic E-state index is 0.0762. The summed E-state index contributed by atoms with van der Waals surface area (Å²) < 4.78 is 0. The number of amides is 1. The standard InChI is InChI=1S/C14H23N3O/c1-15-9-5-8-14(18)16-13-7-4-6-12(10-13)11-17(2)3/h4,6-7,10,15H,5,8-9,11H2,1-3H3,(H,16,18). The first-order valence-electron chi connectivity index (χ1n) is 6.30. The lowest BCUT2D eigenvalue weighted by molar-refractivity contribution is -0.116. The van der Waals surface area contributed by atoms with Gasteiger partial charge in [-0.15, -0.1) is 0 Å². The van der Waals surface area contributed by atoms with Gasteiger partial charge in [-0.1, -0.05) is 12.1 Å². The Kier molecular flexibility index (Phi) is 6.39.